The van der Waals surface area contributed by atoms with E-state index < -0.39 is 0 Å². The number of H-pyrrole nitrogens is 1. The molecule has 31 heavy (non-hydrogen) atoms. The minimum atomic E-state index is 0.0787. The van der Waals surface area contributed by atoms with Gasteiger partial charge in [0, 0.05) is 66.3 Å². The number of aromatic amines is 1. The highest BCUT2D eigenvalue weighted by Crippen LogP contribution is 2.35. The Kier molecular flexibility index (Phi) is 6.01. The van der Waals surface area contributed by atoms with Crippen molar-refractivity contribution in [1.82, 2.24) is 9.97 Å². The molecular weight excluding hydrogens is 390 g/mol. The molecule has 7 heteroatoms. The van der Waals surface area contributed by atoms with E-state index in [4.69, 9.17) is 15.2 Å². The second-order valence-electron chi connectivity index (χ2n) is 7.51. The van der Waals surface area contributed by atoms with Crippen LogP contribution in [0.1, 0.15) is 29.7 Å². The lowest BCUT2D eigenvalue weighted by Gasteiger charge is -2.23. The molecule has 3 aromatic rings. The van der Waals surface area contributed by atoms with Crippen LogP contribution < -0.4 is 10.5 Å². The molecule has 0 saturated carbocycles. The van der Waals surface area contributed by atoms with Crippen LogP contribution in [0.15, 0.2) is 41.7 Å². The Hall–Kier alpha value is -3.63. The average molecular weight is 415 g/mol. The Bertz CT molecular complexity index is 1200. The van der Waals surface area contributed by atoms with Gasteiger partial charge in [-0.15, -0.1) is 0 Å². The van der Waals surface area contributed by atoms with Gasteiger partial charge in [0.15, 0.2) is 0 Å². The summed E-state index contributed by atoms with van der Waals surface area (Å²) >= 11 is 0. The molecule has 1 saturated heterocycles. The summed E-state index contributed by atoms with van der Waals surface area (Å²) in [7, 11) is 1.70. The molecule has 0 radical (unpaired) electrons. The molecular formula is C24H25N5O2. The van der Waals surface area contributed by atoms with Gasteiger partial charge in [-0.3, -0.25) is 4.99 Å². The average Bonchev–Trinajstić information content (AvgIpc) is 3.13. The maximum Gasteiger partial charge on any atom is 0.138 e. The second kappa shape index (κ2) is 9.02. The van der Waals surface area contributed by atoms with Gasteiger partial charge in [-0.2, -0.15) is 5.26 Å². The van der Waals surface area contributed by atoms with E-state index in [0.717, 1.165) is 51.8 Å². The first-order valence-corrected chi connectivity index (χ1v) is 10.3. The number of hydrogen-bond donors (Lipinski definition) is 2. The van der Waals surface area contributed by atoms with Gasteiger partial charge in [0.2, 0.25) is 0 Å². The number of aryl methyl sites for hydroxylation is 1. The first kappa shape index (κ1) is 20.6. The molecule has 0 bridgehead atoms. The Balaban J connectivity index is 1.75. The van der Waals surface area contributed by atoms with E-state index in [0.29, 0.717) is 24.5 Å². The molecule has 1 fully saturated rings. The van der Waals surface area contributed by atoms with Gasteiger partial charge >= 0.3 is 0 Å². The third-order valence-electron chi connectivity index (χ3n) is 5.47. The molecule has 0 amide bonds. The third-order valence-corrected chi connectivity index (χ3v) is 5.47. The van der Waals surface area contributed by atoms with Gasteiger partial charge in [0.1, 0.15) is 23.6 Å². The van der Waals surface area contributed by atoms with Crippen molar-refractivity contribution < 1.29 is 9.47 Å². The van der Waals surface area contributed by atoms with Gasteiger partial charge in [0.25, 0.3) is 0 Å². The molecule has 158 valence electrons. The molecule has 4 rings (SSSR count). The molecule has 0 spiro atoms. The zero-order valence-corrected chi connectivity index (χ0v) is 17.7. The number of allylic oxidation sites excluding steroid dienone is 1. The fourth-order valence-electron chi connectivity index (χ4n) is 3.93. The van der Waals surface area contributed by atoms with Crippen LogP contribution in [0.3, 0.4) is 0 Å². The smallest absolute Gasteiger partial charge is 0.138 e. The van der Waals surface area contributed by atoms with Crippen LogP contribution in [-0.4, -0.2) is 42.5 Å². The Morgan fingerprint density at radius 2 is 2.16 bits per heavy atom. The van der Waals surface area contributed by atoms with E-state index in [9.17, 15) is 5.26 Å². The summed E-state index contributed by atoms with van der Waals surface area (Å²) in [5.41, 5.74) is 11.6. The zero-order valence-electron chi connectivity index (χ0n) is 17.7. The van der Waals surface area contributed by atoms with E-state index in [2.05, 4.69) is 21.0 Å². The second-order valence-corrected chi connectivity index (χ2v) is 7.51. The van der Waals surface area contributed by atoms with Crippen molar-refractivity contribution in [1.29, 1.82) is 5.26 Å². The highest BCUT2D eigenvalue weighted by Gasteiger charge is 2.19. The lowest BCUT2D eigenvalue weighted by molar-refractivity contribution is 0.0254. The number of ether oxygens (including phenoxy) is 2. The number of nitriles is 1. The van der Waals surface area contributed by atoms with Gasteiger partial charge in [-0.1, -0.05) is 6.07 Å². The first-order chi connectivity index (χ1) is 15.1. The predicted molar refractivity (Wildman–Crippen MR) is 122 cm³/mol. The summed E-state index contributed by atoms with van der Waals surface area (Å²) in [6.45, 7) is 3.38. The minimum Gasteiger partial charge on any atom is -0.489 e. The summed E-state index contributed by atoms with van der Waals surface area (Å²) in [6.07, 6.45) is 6.74. The van der Waals surface area contributed by atoms with E-state index in [1.54, 1.807) is 19.5 Å². The number of rotatable bonds is 5. The fraction of sp³-hybridized carbons (Fsp3) is 0.292. The number of pyridine rings is 1. The monoisotopic (exact) mass is 415 g/mol. The van der Waals surface area contributed by atoms with Gasteiger partial charge in [-0.25, -0.2) is 4.98 Å². The number of benzene rings is 1. The number of nitrogens with two attached hydrogens (primary N) is 1. The van der Waals surface area contributed by atoms with Crippen LogP contribution in [0.5, 0.6) is 5.75 Å². The molecule has 0 atom stereocenters. The van der Waals surface area contributed by atoms with Gasteiger partial charge < -0.3 is 20.2 Å². The normalized spacial score (nSPS) is 15.5. The number of hydrogen-bond acceptors (Lipinski definition) is 6. The largest absolute Gasteiger partial charge is 0.489 e. The standard InChI is InChI=1S/C24H25N5O2/c1-15-23(21-10-18(14-28-24(21)29-15)19(12-26)13-27-2)16-3-4-22(17(9-16)11-25)31-20-5-7-30-8-6-20/h3-4,9-10,12-14,20H,5-8,26H2,1-2H3,(H,28,29)/b19-12+,27-13?. The fourth-order valence-corrected chi connectivity index (χ4v) is 3.93. The highest BCUT2D eigenvalue weighted by molar-refractivity contribution is 6.11. The van der Waals surface area contributed by atoms with Crippen molar-refractivity contribution >= 4 is 22.8 Å². The van der Waals surface area contributed by atoms with Crippen LogP contribution in [-0.2, 0) is 4.74 Å². The van der Waals surface area contributed by atoms with Crippen LogP contribution in [0.2, 0.25) is 0 Å². The molecule has 7 nitrogen and oxygen atoms in total. The lowest BCUT2D eigenvalue weighted by Crippen LogP contribution is -2.26. The third kappa shape index (κ3) is 4.16. The number of aromatic nitrogens is 2. The summed E-state index contributed by atoms with van der Waals surface area (Å²) in [5.74, 6) is 0.613. The van der Waals surface area contributed by atoms with Crippen LogP contribution in [0.4, 0.5) is 0 Å². The Morgan fingerprint density at radius 1 is 1.35 bits per heavy atom. The topological polar surface area (TPSA) is 109 Å². The highest BCUT2D eigenvalue weighted by atomic mass is 16.5. The summed E-state index contributed by atoms with van der Waals surface area (Å²) in [6, 6.07) is 10.1. The van der Waals surface area contributed by atoms with Crippen LogP contribution in [0, 0.1) is 18.3 Å². The molecule has 1 aromatic carbocycles. The van der Waals surface area contributed by atoms with Crippen LogP contribution in [0.25, 0.3) is 27.7 Å². The maximum atomic E-state index is 9.75. The van der Waals surface area contributed by atoms with Crippen molar-refractivity contribution in [2.24, 2.45) is 10.7 Å². The summed E-state index contributed by atoms with van der Waals surface area (Å²) in [5, 5.41) is 10.7. The number of fused-ring (bicyclic) bond motifs is 1. The molecule has 1 aliphatic heterocycles. The quantitative estimate of drug-likeness (QED) is 0.613. The SMILES string of the molecule is CN=C/C(=C\N)c1cnc2[nH]c(C)c(-c3ccc(OC4CCOCC4)c(C#N)c3)c2c1. The maximum absolute atomic E-state index is 9.75. The van der Waals surface area contributed by atoms with Gasteiger partial charge in [0.05, 0.1) is 18.8 Å². The van der Waals surface area contributed by atoms with Crippen molar-refractivity contribution in [3.8, 4) is 22.9 Å². The molecule has 2 aromatic heterocycles. The predicted octanol–water partition coefficient (Wildman–Crippen LogP) is 3.97. The molecule has 0 unspecified atom stereocenters. The van der Waals surface area contributed by atoms with Gasteiger partial charge in [-0.05, 0) is 30.7 Å². The van der Waals surface area contributed by atoms with Crippen molar-refractivity contribution in [3.63, 3.8) is 0 Å². The van der Waals surface area contributed by atoms with E-state index in [-0.39, 0.29) is 6.10 Å². The molecule has 3 heterocycles. The lowest BCUT2D eigenvalue weighted by atomic mass is 9.99. The van der Waals surface area contributed by atoms with E-state index in [1.807, 2.05) is 31.2 Å². The zero-order chi connectivity index (χ0) is 21.8. The summed E-state index contributed by atoms with van der Waals surface area (Å²) < 4.78 is 11.5. The van der Waals surface area contributed by atoms with Crippen molar-refractivity contribution in [3.05, 3.63) is 53.5 Å². The first-order valence-electron chi connectivity index (χ1n) is 10.3. The number of aliphatic imine (C=N–C) groups is 1. The number of nitrogens with zero attached hydrogens (tertiary/aromatic N) is 3. The molecule has 0 aliphatic carbocycles. The van der Waals surface area contributed by atoms with E-state index >= 15 is 0 Å². The summed E-state index contributed by atoms with van der Waals surface area (Å²) in [4.78, 5) is 12.0. The Labute approximate surface area is 181 Å². The molecule has 1 aliphatic rings. The minimum absolute atomic E-state index is 0.0787. The van der Waals surface area contributed by atoms with Crippen molar-refractivity contribution in [2.75, 3.05) is 20.3 Å². The van der Waals surface area contributed by atoms with Crippen molar-refractivity contribution in [2.45, 2.75) is 25.9 Å². The number of nitrogens with one attached hydrogen (secondary N) is 1. The van der Waals surface area contributed by atoms with E-state index in [1.165, 1.54) is 6.20 Å². The van der Waals surface area contributed by atoms with Crippen LogP contribution >= 0.6 is 0 Å². The Morgan fingerprint density at radius 3 is 2.87 bits per heavy atom. The molecule has 3 N–H and O–H groups in total.